The number of aromatic carboxylic acids is 2. The van der Waals surface area contributed by atoms with E-state index in [1.807, 2.05) is 0 Å². The molecule has 0 radical (unpaired) electrons. The SMILES string of the molecule is CCCCCCCCCCN.O=C(O)c1cccnc1C(=O)O. The van der Waals surface area contributed by atoms with Crippen LogP contribution in [-0.2, 0) is 0 Å². The van der Waals surface area contributed by atoms with E-state index in [0.717, 1.165) is 6.54 Å². The molecule has 0 aliphatic carbocycles. The van der Waals surface area contributed by atoms with Crippen molar-refractivity contribution in [2.24, 2.45) is 5.73 Å². The van der Waals surface area contributed by atoms with Crippen molar-refractivity contribution in [3.8, 4) is 0 Å². The zero-order chi connectivity index (χ0) is 17.5. The number of nitrogens with zero attached hydrogens (tertiary/aromatic N) is 1. The lowest BCUT2D eigenvalue weighted by molar-refractivity contribution is 0.0646. The summed E-state index contributed by atoms with van der Waals surface area (Å²) in [6.45, 7) is 3.13. The summed E-state index contributed by atoms with van der Waals surface area (Å²) in [5, 5.41) is 17.0. The van der Waals surface area contributed by atoms with Crippen molar-refractivity contribution in [3.05, 3.63) is 29.6 Å². The molecule has 0 aliphatic rings. The number of hydrogen-bond donors (Lipinski definition) is 3. The highest BCUT2D eigenvalue weighted by molar-refractivity contribution is 5.99. The van der Waals surface area contributed by atoms with Gasteiger partial charge in [0.25, 0.3) is 0 Å². The average Bonchev–Trinajstić information content (AvgIpc) is 2.54. The monoisotopic (exact) mass is 324 g/mol. The molecule has 6 nitrogen and oxygen atoms in total. The van der Waals surface area contributed by atoms with Gasteiger partial charge < -0.3 is 15.9 Å². The molecule has 0 spiro atoms. The van der Waals surface area contributed by atoms with Gasteiger partial charge in [0.2, 0.25) is 0 Å². The molecule has 130 valence electrons. The van der Waals surface area contributed by atoms with E-state index in [4.69, 9.17) is 15.9 Å². The highest BCUT2D eigenvalue weighted by atomic mass is 16.4. The molecule has 1 heterocycles. The Morgan fingerprint density at radius 3 is 2.00 bits per heavy atom. The van der Waals surface area contributed by atoms with Crippen molar-refractivity contribution in [1.29, 1.82) is 0 Å². The third-order valence-electron chi connectivity index (χ3n) is 3.30. The van der Waals surface area contributed by atoms with Crippen molar-refractivity contribution in [1.82, 2.24) is 4.98 Å². The third-order valence-corrected chi connectivity index (χ3v) is 3.30. The van der Waals surface area contributed by atoms with Crippen LogP contribution >= 0.6 is 0 Å². The molecule has 0 bridgehead atoms. The number of unbranched alkanes of at least 4 members (excludes halogenated alkanes) is 7. The molecule has 0 fully saturated rings. The standard InChI is InChI=1S/C10H23N.C7H5NO4/c1-2-3-4-5-6-7-8-9-10-11;9-6(10)4-2-1-3-8-5(4)7(11)12/h2-11H2,1H3;1-3H,(H,9,10)(H,11,12). The van der Waals surface area contributed by atoms with E-state index in [0.29, 0.717) is 0 Å². The van der Waals surface area contributed by atoms with E-state index >= 15 is 0 Å². The van der Waals surface area contributed by atoms with Crippen LogP contribution in [0.4, 0.5) is 0 Å². The highest BCUT2D eigenvalue weighted by Crippen LogP contribution is 2.07. The Morgan fingerprint density at radius 1 is 1.00 bits per heavy atom. The summed E-state index contributed by atoms with van der Waals surface area (Å²) in [5.41, 5.74) is 4.65. The number of carboxylic acid groups (broad SMARTS) is 2. The van der Waals surface area contributed by atoms with Gasteiger partial charge in [0.1, 0.15) is 0 Å². The first-order chi connectivity index (χ1) is 11.0. The predicted molar refractivity (Wildman–Crippen MR) is 89.8 cm³/mol. The van der Waals surface area contributed by atoms with Gasteiger partial charge in [-0.25, -0.2) is 14.6 Å². The third kappa shape index (κ3) is 10.4. The molecule has 4 N–H and O–H groups in total. The van der Waals surface area contributed by atoms with Crippen LogP contribution in [0, 0.1) is 0 Å². The van der Waals surface area contributed by atoms with Crippen molar-refractivity contribution < 1.29 is 19.8 Å². The van der Waals surface area contributed by atoms with Crippen LogP contribution in [0.3, 0.4) is 0 Å². The van der Waals surface area contributed by atoms with E-state index in [9.17, 15) is 9.59 Å². The fourth-order valence-electron chi connectivity index (χ4n) is 2.03. The quantitative estimate of drug-likeness (QED) is 0.567. The second kappa shape index (κ2) is 13.7. The number of rotatable bonds is 10. The second-order valence-corrected chi connectivity index (χ2v) is 5.27. The Morgan fingerprint density at radius 2 is 1.57 bits per heavy atom. The number of carboxylic acids is 2. The first-order valence-corrected chi connectivity index (χ1v) is 8.16. The van der Waals surface area contributed by atoms with E-state index in [1.165, 1.54) is 69.7 Å². The Balaban J connectivity index is 0.000000423. The minimum Gasteiger partial charge on any atom is -0.478 e. The summed E-state index contributed by atoms with van der Waals surface area (Å²) in [6.07, 6.45) is 12.2. The van der Waals surface area contributed by atoms with E-state index < -0.39 is 17.6 Å². The Bertz CT molecular complexity index is 423. The second-order valence-electron chi connectivity index (χ2n) is 5.27. The number of aromatic nitrogens is 1. The molecule has 0 aromatic carbocycles. The summed E-state index contributed by atoms with van der Waals surface area (Å²) in [6, 6.07) is 2.56. The smallest absolute Gasteiger partial charge is 0.355 e. The first kappa shape index (κ1) is 21.0. The van der Waals surface area contributed by atoms with Gasteiger partial charge in [0.05, 0.1) is 5.56 Å². The van der Waals surface area contributed by atoms with Gasteiger partial charge in [-0.2, -0.15) is 0 Å². The summed E-state index contributed by atoms with van der Waals surface area (Å²) >= 11 is 0. The summed E-state index contributed by atoms with van der Waals surface area (Å²) in [7, 11) is 0. The van der Waals surface area contributed by atoms with Crippen molar-refractivity contribution in [2.45, 2.75) is 58.3 Å². The van der Waals surface area contributed by atoms with Gasteiger partial charge in [-0.05, 0) is 25.1 Å². The van der Waals surface area contributed by atoms with Crippen LogP contribution < -0.4 is 5.73 Å². The lowest BCUT2D eigenvalue weighted by Gasteiger charge is -1.99. The number of nitrogens with two attached hydrogens (primary N) is 1. The van der Waals surface area contributed by atoms with Crippen molar-refractivity contribution >= 4 is 11.9 Å². The number of hydrogen-bond acceptors (Lipinski definition) is 4. The number of pyridine rings is 1. The zero-order valence-electron chi connectivity index (χ0n) is 13.8. The summed E-state index contributed by atoms with van der Waals surface area (Å²) in [5.74, 6) is -2.63. The number of carbonyl (C=O) groups is 2. The highest BCUT2D eigenvalue weighted by Gasteiger charge is 2.15. The molecule has 0 saturated heterocycles. The molecule has 0 amide bonds. The van der Waals surface area contributed by atoms with Gasteiger partial charge in [-0.15, -0.1) is 0 Å². The Hall–Kier alpha value is -1.95. The molecule has 1 aromatic heterocycles. The van der Waals surface area contributed by atoms with Crippen LogP contribution in [0.1, 0.15) is 79.1 Å². The minimum absolute atomic E-state index is 0.301. The molecular weight excluding hydrogens is 296 g/mol. The van der Waals surface area contributed by atoms with Crippen LogP contribution in [0.2, 0.25) is 0 Å². The maximum Gasteiger partial charge on any atom is 0.355 e. The van der Waals surface area contributed by atoms with Crippen molar-refractivity contribution in [2.75, 3.05) is 6.54 Å². The van der Waals surface area contributed by atoms with Crippen LogP contribution in [0.15, 0.2) is 18.3 Å². The predicted octanol–water partition coefficient (Wildman–Crippen LogP) is 3.56. The fraction of sp³-hybridized carbons (Fsp3) is 0.588. The molecule has 1 rings (SSSR count). The molecule has 0 unspecified atom stereocenters. The largest absolute Gasteiger partial charge is 0.478 e. The van der Waals surface area contributed by atoms with Gasteiger partial charge >= 0.3 is 11.9 Å². The topological polar surface area (TPSA) is 114 Å². The lowest BCUT2D eigenvalue weighted by atomic mass is 10.1. The molecular formula is C17H28N2O4. The van der Waals surface area contributed by atoms with E-state index in [2.05, 4.69) is 11.9 Å². The maximum absolute atomic E-state index is 10.4. The summed E-state index contributed by atoms with van der Waals surface area (Å²) in [4.78, 5) is 24.2. The molecule has 1 aromatic rings. The van der Waals surface area contributed by atoms with E-state index in [-0.39, 0.29) is 5.56 Å². The van der Waals surface area contributed by atoms with Gasteiger partial charge in [0.15, 0.2) is 5.69 Å². The van der Waals surface area contributed by atoms with Gasteiger partial charge in [-0.1, -0.05) is 51.9 Å². The van der Waals surface area contributed by atoms with Crippen molar-refractivity contribution in [3.63, 3.8) is 0 Å². The zero-order valence-corrected chi connectivity index (χ0v) is 13.8. The van der Waals surface area contributed by atoms with E-state index in [1.54, 1.807) is 0 Å². The summed E-state index contributed by atoms with van der Waals surface area (Å²) < 4.78 is 0. The molecule has 6 heteroatoms. The Kier molecular flexibility index (Phi) is 12.5. The molecule has 0 atom stereocenters. The molecule has 0 saturated carbocycles. The minimum atomic E-state index is -1.34. The van der Waals surface area contributed by atoms with Gasteiger partial charge in [0, 0.05) is 6.20 Å². The Labute approximate surface area is 137 Å². The maximum atomic E-state index is 10.4. The average molecular weight is 324 g/mol. The normalized spacial score (nSPS) is 9.83. The van der Waals surface area contributed by atoms with Crippen LogP contribution in [0.5, 0.6) is 0 Å². The molecule has 23 heavy (non-hydrogen) atoms. The van der Waals surface area contributed by atoms with Crippen LogP contribution in [-0.4, -0.2) is 33.7 Å². The lowest BCUT2D eigenvalue weighted by Crippen LogP contribution is -2.09. The van der Waals surface area contributed by atoms with Gasteiger partial charge in [-0.3, -0.25) is 0 Å². The fourth-order valence-corrected chi connectivity index (χ4v) is 2.03. The first-order valence-electron chi connectivity index (χ1n) is 8.16. The molecule has 0 aliphatic heterocycles. The van der Waals surface area contributed by atoms with Crippen LogP contribution in [0.25, 0.3) is 0 Å².